The molecule has 2 aliphatic heterocycles. The second-order valence-electron chi connectivity index (χ2n) is 6.78. The first-order chi connectivity index (χ1) is 12.0. The van der Waals surface area contributed by atoms with E-state index in [2.05, 4.69) is 17.0 Å². The van der Waals surface area contributed by atoms with Gasteiger partial charge in [-0.25, -0.2) is 8.42 Å². The Labute approximate surface area is 149 Å². The van der Waals surface area contributed by atoms with Gasteiger partial charge in [-0.05, 0) is 31.0 Å². The van der Waals surface area contributed by atoms with Gasteiger partial charge in [0, 0.05) is 32.7 Å². The Morgan fingerprint density at radius 2 is 1.84 bits per heavy atom. The Morgan fingerprint density at radius 3 is 2.40 bits per heavy atom. The summed E-state index contributed by atoms with van der Waals surface area (Å²) in [4.78, 5) is 16.6. The highest BCUT2D eigenvalue weighted by Crippen LogP contribution is 2.22. The van der Waals surface area contributed by atoms with E-state index in [4.69, 9.17) is 4.74 Å². The van der Waals surface area contributed by atoms with Gasteiger partial charge in [-0.15, -0.1) is 0 Å². The van der Waals surface area contributed by atoms with Gasteiger partial charge in [0.15, 0.2) is 9.84 Å². The summed E-state index contributed by atoms with van der Waals surface area (Å²) >= 11 is 0. The summed E-state index contributed by atoms with van der Waals surface area (Å²) in [7, 11) is -3.01. The van der Waals surface area contributed by atoms with Gasteiger partial charge in [-0.3, -0.25) is 9.69 Å². The van der Waals surface area contributed by atoms with E-state index >= 15 is 0 Å². The normalized spacial score (nSPS) is 23.6. The predicted octanol–water partition coefficient (Wildman–Crippen LogP) is 1.16. The first-order valence-corrected chi connectivity index (χ1v) is 10.7. The fraction of sp³-hybridized carbons (Fsp3) is 0.611. The van der Waals surface area contributed by atoms with Crippen molar-refractivity contribution in [3.05, 3.63) is 29.8 Å². The second kappa shape index (κ2) is 7.74. The maximum absolute atomic E-state index is 12.5. The number of amides is 1. The van der Waals surface area contributed by atoms with Crippen LogP contribution in [0.4, 0.5) is 0 Å². The van der Waals surface area contributed by atoms with Crippen LogP contribution in [0.15, 0.2) is 24.3 Å². The summed E-state index contributed by atoms with van der Waals surface area (Å²) < 4.78 is 28.6. The molecule has 1 atom stereocenters. The summed E-state index contributed by atoms with van der Waals surface area (Å²) in [5.74, 6) is 0.747. The summed E-state index contributed by atoms with van der Waals surface area (Å²) in [6.45, 7) is 6.47. The van der Waals surface area contributed by atoms with Gasteiger partial charge in [-0.1, -0.05) is 12.1 Å². The Morgan fingerprint density at radius 1 is 1.16 bits per heavy atom. The number of hydrogen-bond acceptors (Lipinski definition) is 5. The number of carbonyl (C=O) groups excluding carboxylic acids is 1. The van der Waals surface area contributed by atoms with Gasteiger partial charge in [-0.2, -0.15) is 0 Å². The van der Waals surface area contributed by atoms with Gasteiger partial charge in [0.05, 0.1) is 24.0 Å². The molecule has 2 saturated heterocycles. The van der Waals surface area contributed by atoms with Crippen LogP contribution in [0.1, 0.15) is 18.9 Å². The minimum atomic E-state index is -3.01. The topological polar surface area (TPSA) is 66.9 Å². The molecule has 2 fully saturated rings. The van der Waals surface area contributed by atoms with Gasteiger partial charge in [0.1, 0.15) is 5.75 Å². The minimum Gasteiger partial charge on any atom is -0.494 e. The van der Waals surface area contributed by atoms with Crippen molar-refractivity contribution in [1.82, 2.24) is 9.80 Å². The number of rotatable bonds is 5. The lowest BCUT2D eigenvalue weighted by Crippen LogP contribution is -2.50. The minimum absolute atomic E-state index is 0.0155. The SMILES string of the molecule is CCOc1ccc(CN2CCN(C(=O)C3CCS(=O)(=O)C3)CC2)cc1. The van der Waals surface area contributed by atoms with Crippen LogP contribution < -0.4 is 4.74 Å². The van der Waals surface area contributed by atoms with Crippen molar-refractivity contribution in [2.75, 3.05) is 44.3 Å². The lowest BCUT2D eigenvalue weighted by molar-refractivity contribution is -0.136. The lowest BCUT2D eigenvalue weighted by atomic mass is 10.1. The molecule has 1 aromatic carbocycles. The van der Waals surface area contributed by atoms with E-state index in [-0.39, 0.29) is 23.3 Å². The molecule has 0 spiro atoms. The molecule has 25 heavy (non-hydrogen) atoms. The van der Waals surface area contributed by atoms with E-state index in [1.807, 2.05) is 24.0 Å². The fourth-order valence-corrected chi connectivity index (χ4v) is 5.22. The Kier molecular flexibility index (Phi) is 5.64. The van der Waals surface area contributed by atoms with E-state index in [9.17, 15) is 13.2 Å². The average Bonchev–Trinajstić information content (AvgIpc) is 2.97. The zero-order chi connectivity index (χ0) is 17.9. The first kappa shape index (κ1) is 18.2. The Bertz CT molecular complexity index is 694. The molecule has 0 N–H and O–H groups in total. The Hall–Kier alpha value is -1.60. The highest BCUT2D eigenvalue weighted by molar-refractivity contribution is 7.91. The molecule has 0 saturated carbocycles. The van der Waals surface area contributed by atoms with E-state index in [1.165, 1.54) is 5.56 Å². The van der Waals surface area contributed by atoms with Crippen LogP contribution >= 0.6 is 0 Å². The number of carbonyl (C=O) groups is 1. The number of piperazine rings is 1. The predicted molar refractivity (Wildman–Crippen MR) is 96.2 cm³/mol. The largest absolute Gasteiger partial charge is 0.494 e. The molecule has 7 heteroatoms. The van der Waals surface area contributed by atoms with E-state index in [0.29, 0.717) is 26.1 Å². The van der Waals surface area contributed by atoms with Crippen molar-refractivity contribution in [3.8, 4) is 5.75 Å². The Balaban J connectivity index is 1.47. The smallest absolute Gasteiger partial charge is 0.226 e. The summed E-state index contributed by atoms with van der Waals surface area (Å²) in [5, 5.41) is 0. The van der Waals surface area contributed by atoms with Crippen LogP contribution in [0.3, 0.4) is 0 Å². The van der Waals surface area contributed by atoms with Gasteiger partial charge >= 0.3 is 0 Å². The molecule has 6 nitrogen and oxygen atoms in total. The summed E-state index contributed by atoms with van der Waals surface area (Å²) in [6, 6.07) is 8.12. The molecule has 1 unspecified atom stereocenters. The number of nitrogens with zero attached hydrogens (tertiary/aromatic N) is 2. The number of sulfone groups is 1. The second-order valence-corrected chi connectivity index (χ2v) is 9.01. The molecule has 3 rings (SSSR count). The highest BCUT2D eigenvalue weighted by atomic mass is 32.2. The van der Waals surface area contributed by atoms with Crippen molar-refractivity contribution in [1.29, 1.82) is 0 Å². The molecule has 138 valence electrons. The van der Waals surface area contributed by atoms with E-state index < -0.39 is 9.84 Å². The standard InChI is InChI=1S/C18H26N2O4S/c1-2-24-17-5-3-15(4-6-17)13-19-8-10-20(11-9-19)18(21)16-7-12-25(22,23)14-16/h3-6,16H,2,7-14H2,1H3. The number of hydrogen-bond donors (Lipinski definition) is 0. The zero-order valence-corrected chi connectivity index (χ0v) is 15.5. The average molecular weight is 366 g/mol. The van der Waals surface area contributed by atoms with Gasteiger partial charge in [0.2, 0.25) is 5.91 Å². The van der Waals surface area contributed by atoms with Crippen LogP contribution in [0.5, 0.6) is 5.75 Å². The third-order valence-corrected chi connectivity index (χ3v) is 6.67. The maximum atomic E-state index is 12.5. The first-order valence-electron chi connectivity index (χ1n) is 8.90. The molecule has 1 amide bonds. The summed E-state index contributed by atoms with van der Waals surface area (Å²) in [6.07, 6.45) is 0.480. The van der Waals surface area contributed by atoms with Crippen molar-refractivity contribution < 1.29 is 17.9 Å². The van der Waals surface area contributed by atoms with Crippen molar-refractivity contribution >= 4 is 15.7 Å². The van der Waals surface area contributed by atoms with Crippen LogP contribution in [0, 0.1) is 5.92 Å². The molecular formula is C18H26N2O4S. The van der Waals surface area contributed by atoms with E-state index in [1.54, 1.807) is 0 Å². The van der Waals surface area contributed by atoms with Crippen LogP contribution in [-0.2, 0) is 21.2 Å². The van der Waals surface area contributed by atoms with Crippen LogP contribution in [0.2, 0.25) is 0 Å². The van der Waals surface area contributed by atoms with Gasteiger partial charge < -0.3 is 9.64 Å². The monoisotopic (exact) mass is 366 g/mol. The fourth-order valence-electron chi connectivity index (χ4n) is 3.49. The molecule has 1 aromatic rings. The molecular weight excluding hydrogens is 340 g/mol. The van der Waals surface area contributed by atoms with E-state index in [0.717, 1.165) is 25.4 Å². The highest BCUT2D eigenvalue weighted by Gasteiger charge is 2.36. The molecule has 2 heterocycles. The molecule has 0 aromatic heterocycles. The molecule has 2 aliphatic rings. The maximum Gasteiger partial charge on any atom is 0.226 e. The van der Waals surface area contributed by atoms with Crippen molar-refractivity contribution in [2.45, 2.75) is 19.9 Å². The van der Waals surface area contributed by atoms with Crippen molar-refractivity contribution in [2.24, 2.45) is 5.92 Å². The number of benzene rings is 1. The van der Waals surface area contributed by atoms with Gasteiger partial charge in [0.25, 0.3) is 0 Å². The third kappa shape index (κ3) is 4.73. The molecule has 0 aliphatic carbocycles. The lowest BCUT2D eigenvalue weighted by Gasteiger charge is -2.35. The van der Waals surface area contributed by atoms with Crippen LogP contribution in [-0.4, -0.2) is 68.4 Å². The quantitative estimate of drug-likeness (QED) is 0.782. The third-order valence-electron chi connectivity index (χ3n) is 4.91. The molecule has 0 radical (unpaired) electrons. The van der Waals surface area contributed by atoms with Crippen LogP contribution in [0.25, 0.3) is 0 Å². The zero-order valence-electron chi connectivity index (χ0n) is 14.7. The molecule has 0 bridgehead atoms. The summed E-state index contributed by atoms with van der Waals surface area (Å²) in [5.41, 5.74) is 1.23. The number of ether oxygens (including phenoxy) is 1. The van der Waals surface area contributed by atoms with Crippen molar-refractivity contribution in [3.63, 3.8) is 0 Å².